The SMILES string of the molecule is NCC(c1cccc(Cl)c1F)C(O)CC1CCC1. The molecule has 2 rings (SSSR count). The molecule has 18 heavy (non-hydrogen) atoms. The van der Waals surface area contributed by atoms with Crippen LogP contribution in [0.3, 0.4) is 0 Å². The average molecular weight is 272 g/mol. The first-order chi connectivity index (χ1) is 8.63. The maximum atomic E-state index is 13.9. The van der Waals surface area contributed by atoms with Gasteiger partial charge in [-0.3, -0.25) is 0 Å². The third-order valence-electron chi connectivity index (χ3n) is 3.90. The van der Waals surface area contributed by atoms with Gasteiger partial charge in [0.2, 0.25) is 0 Å². The van der Waals surface area contributed by atoms with Crippen LogP contribution < -0.4 is 5.73 Å². The lowest BCUT2D eigenvalue weighted by molar-refractivity contribution is 0.0940. The first-order valence-electron chi connectivity index (χ1n) is 6.45. The second kappa shape index (κ2) is 6.00. The van der Waals surface area contributed by atoms with Gasteiger partial charge in [0.25, 0.3) is 0 Å². The predicted molar refractivity (Wildman–Crippen MR) is 71.2 cm³/mol. The molecule has 3 N–H and O–H groups in total. The molecular formula is C14H19ClFNO. The molecule has 0 heterocycles. The Kier molecular flexibility index (Phi) is 4.60. The molecule has 0 bridgehead atoms. The molecule has 0 spiro atoms. The highest BCUT2D eigenvalue weighted by Gasteiger charge is 2.28. The highest BCUT2D eigenvalue weighted by Crippen LogP contribution is 2.35. The van der Waals surface area contributed by atoms with Crippen LogP contribution in [-0.2, 0) is 0 Å². The summed E-state index contributed by atoms with van der Waals surface area (Å²) in [6.45, 7) is 0.227. The summed E-state index contributed by atoms with van der Waals surface area (Å²) in [5, 5.41) is 10.3. The summed E-state index contributed by atoms with van der Waals surface area (Å²) in [6, 6.07) is 4.86. The van der Waals surface area contributed by atoms with Gasteiger partial charge in [-0.05, 0) is 24.0 Å². The average Bonchev–Trinajstić information content (AvgIpc) is 2.30. The van der Waals surface area contributed by atoms with Crippen molar-refractivity contribution < 1.29 is 9.50 Å². The van der Waals surface area contributed by atoms with E-state index in [-0.39, 0.29) is 17.5 Å². The number of halogens is 2. The third kappa shape index (κ3) is 2.85. The predicted octanol–water partition coefficient (Wildman–Crippen LogP) is 3.07. The highest BCUT2D eigenvalue weighted by molar-refractivity contribution is 6.30. The van der Waals surface area contributed by atoms with Gasteiger partial charge in [-0.15, -0.1) is 0 Å². The van der Waals surface area contributed by atoms with E-state index in [4.69, 9.17) is 17.3 Å². The summed E-state index contributed by atoms with van der Waals surface area (Å²) < 4.78 is 13.9. The van der Waals surface area contributed by atoms with Gasteiger partial charge in [0.1, 0.15) is 5.82 Å². The summed E-state index contributed by atoms with van der Waals surface area (Å²) >= 11 is 5.77. The molecule has 1 aromatic carbocycles. The van der Waals surface area contributed by atoms with Gasteiger partial charge >= 0.3 is 0 Å². The van der Waals surface area contributed by atoms with Crippen LogP contribution in [0.15, 0.2) is 18.2 Å². The van der Waals surface area contributed by atoms with Crippen LogP contribution in [-0.4, -0.2) is 17.8 Å². The molecule has 1 aliphatic carbocycles. The third-order valence-corrected chi connectivity index (χ3v) is 4.19. The van der Waals surface area contributed by atoms with Crippen LogP contribution in [0.25, 0.3) is 0 Å². The number of rotatable bonds is 5. The fourth-order valence-corrected chi connectivity index (χ4v) is 2.71. The zero-order chi connectivity index (χ0) is 13.1. The first-order valence-corrected chi connectivity index (χ1v) is 6.83. The van der Waals surface area contributed by atoms with Crippen molar-refractivity contribution in [2.45, 2.75) is 37.7 Å². The van der Waals surface area contributed by atoms with Crippen molar-refractivity contribution in [1.82, 2.24) is 0 Å². The zero-order valence-corrected chi connectivity index (χ0v) is 11.0. The molecule has 100 valence electrons. The molecule has 0 aliphatic heterocycles. The van der Waals surface area contributed by atoms with E-state index in [1.807, 2.05) is 0 Å². The molecule has 0 radical (unpaired) electrons. The van der Waals surface area contributed by atoms with Crippen LogP contribution >= 0.6 is 11.6 Å². The Bertz CT molecular complexity index is 409. The molecule has 2 atom stereocenters. The Morgan fingerprint density at radius 1 is 1.44 bits per heavy atom. The van der Waals surface area contributed by atoms with Crippen molar-refractivity contribution in [3.8, 4) is 0 Å². The molecule has 1 aliphatic rings. The Labute approximate surface area is 112 Å². The second-order valence-electron chi connectivity index (χ2n) is 5.09. The van der Waals surface area contributed by atoms with E-state index in [0.717, 1.165) is 12.8 Å². The number of hydrogen-bond donors (Lipinski definition) is 2. The minimum absolute atomic E-state index is 0.0850. The number of hydrogen-bond acceptors (Lipinski definition) is 2. The number of aliphatic hydroxyl groups excluding tert-OH is 1. The molecule has 2 unspecified atom stereocenters. The molecule has 0 saturated heterocycles. The summed E-state index contributed by atoms with van der Waals surface area (Å²) in [5.74, 6) is -0.261. The van der Waals surface area contributed by atoms with Gasteiger partial charge < -0.3 is 10.8 Å². The van der Waals surface area contributed by atoms with Crippen molar-refractivity contribution in [1.29, 1.82) is 0 Å². The van der Waals surface area contributed by atoms with Crippen LogP contribution in [0, 0.1) is 11.7 Å². The number of aliphatic hydroxyl groups is 1. The highest BCUT2D eigenvalue weighted by atomic mass is 35.5. The summed E-state index contributed by atoms with van der Waals surface area (Å²) in [5.41, 5.74) is 6.12. The largest absolute Gasteiger partial charge is 0.392 e. The summed E-state index contributed by atoms with van der Waals surface area (Å²) in [7, 11) is 0. The molecule has 1 fully saturated rings. The van der Waals surface area contributed by atoms with E-state index >= 15 is 0 Å². The Hall–Kier alpha value is -0.640. The lowest BCUT2D eigenvalue weighted by Crippen LogP contribution is -2.30. The van der Waals surface area contributed by atoms with Gasteiger partial charge in [0, 0.05) is 12.5 Å². The molecular weight excluding hydrogens is 253 g/mol. The van der Waals surface area contributed by atoms with Crippen molar-refractivity contribution >= 4 is 11.6 Å². The Morgan fingerprint density at radius 3 is 2.72 bits per heavy atom. The molecule has 1 saturated carbocycles. The van der Waals surface area contributed by atoms with E-state index in [2.05, 4.69) is 0 Å². The fourth-order valence-electron chi connectivity index (χ4n) is 2.53. The van der Waals surface area contributed by atoms with Crippen LogP contribution in [0.4, 0.5) is 4.39 Å². The Balaban J connectivity index is 2.13. The van der Waals surface area contributed by atoms with Crippen molar-refractivity contribution in [3.05, 3.63) is 34.6 Å². The molecule has 0 aromatic heterocycles. The van der Waals surface area contributed by atoms with Gasteiger partial charge in [0.15, 0.2) is 0 Å². The lowest BCUT2D eigenvalue weighted by atomic mass is 9.78. The minimum Gasteiger partial charge on any atom is -0.392 e. The van der Waals surface area contributed by atoms with Gasteiger partial charge in [-0.1, -0.05) is 43.0 Å². The first kappa shape index (κ1) is 13.8. The van der Waals surface area contributed by atoms with Crippen molar-refractivity contribution in [3.63, 3.8) is 0 Å². The minimum atomic E-state index is -0.590. The standard InChI is InChI=1S/C14H19ClFNO/c15-12-6-2-5-10(14(12)16)11(8-17)13(18)7-9-3-1-4-9/h2,5-6,9,11,13,18H,1,3-4,7-8,17H2. The van der Waals surface area contributed by atoms with E-state index in [9.17, 15) is 9.50 Å². The summed E-state index contributed by atoms with van der Waals surface area (Å²) in [4.78, 5) is 0. The van der Waals surface area contributed by atoms with Crippen molar-refractivity contribution in [2.75, 3.05) is 6.54 Å². The van der Waals surface area contributed by atoms with Crippen molar-refractivity contribution in [2.24, 2.45) is 11.7 Å². The fraction of sp³-hybridized carbons (Fsp3) is 0.571. The molecule has 2 nitrogen and oxygen atoms in total. The number of nitrogens with two attached hydrogens (primary N) is 1. The monoisotopic (exact) mass is 271 g/mol. The van der Waals surface area contributed by atoms with Gasteiger partial charge in [-0.2, -0.15) is 0 Å². The second-order valence-corrected chi connectivity index (χ2v) is 5.49. The van der Waals surface area contributed by atoms with Crippen LogP contribution in [0.2, 0.25) is 5.02 Å². The normalized spacial score (nSPS) is 19.3. The smallest absolute Gasteiger partial charge is 0.145 e. The maximum Gasteiger partial charge on any atom is 0.145 e. The van der Waals surface area contributed by atoms with E-state index < -0.39 is 11.9 Å². The summed E-state index contributed by atoms with van der Waals surface area (Å²) in [6.07, 6.45) is 3.66. The zero-order valence-electron chi connectivity index (χ0n) is 10.3. The molecule has 4 heteroatoms. The molecule has 0 amide bonds. The van der Waals surface area contributed by atoms with Gasteiger partial charge in [0.05, 0.1) is 11.1 Å². The Morgan fingerprint density at radius 2 is 2.17 bits per heavy atom. The lowest BCUT2D eigenvalue weighted by Gasteiger charge is -2.31. The number of benzene rings is 1. The topological polar surface area (TPSA) is 46.2 Å². The van der Waals surface area contributed by atoms with Crippen LogP contribution in [0.5, 0.6) is 0 Å². The quantitative estimate of drug-likeness (QED) is 0.865. The van der Waals surface area contributed by atoms with E-state index in [0.29, 0.717) is 17.9 Å². The molecule has 1 aromatic rings. The van der Waals surface area contributed by atoms with E-state index in [1.54, 1.807) is 12.1 Å². The van der Waals surface area contributed by atoms with Crippen LogP contribution in [0.1, 0.15) is 37.2 Å². The maximum absolute atomic E-state index is 13.9. The van der Waals surface area contributed by atoms with Gasteiger partial charge in [-0.25, -0.2) is 4.39 Å². The van der Waals surface area contributed by atoms with E-state index in [1.165, 1.54) is 12.5 Å².